The minimum Gasteiger partial charge on any atom is -1.00 e. The Labute approximate surface area is 69.2 Å². The average Bonchev–Trinajstić information content (AvgIpc) is 1.65. The molecule has 62 valence electrons. The minimum atomic E-state index is 0. The van der Waals surface area contributed by atoms with Crippen LogP contribution in [0.3, 0.4) is 0 Å². The van der Waals surface area contributed by atoms with Crippen molar-refractivity contribution in [2.24, 2.45) is 0 Å². The number of rotatable bonds is 3. The third-order valence-corrected chi connectivity index (χ3v) is 1.45. The second-order valence-electron chi connectivity index (χ2n) is 3.10. The van der Waals surface area contributed by atoms with Crippen molar-refractivity contribution in [2.45, 2.75) is 6.04 Å². The summed E-state index contributed by atoms with van der Waals surface area (Å²) in [6, 6.07) is 0.157. The van der Waals surface area contributed by atoms with Gasteiger partial charge < -0.3 is 22.0 Å². The molecule has 0 spiro atoms. The molecular weight excluding hydrogens is 150 g/mol. The lowest BCUT2D eigenvalue weighted by Gasteiger charge is -2.30. The number of hydrogen-bond donors (Lipinski definition) is 1. The van der Waals surface area contributed by atoms with Gasteiger partial charge in [-0.3, -0.25) is 0 Å². The SMILES string of the molecule is C=CC(CO)[N+](C)(C)C.[Cl-]. The highest BCUT2D eigenvalue weighted by atomic mass is 35.5. The van der Waals surface area contributed by atoms with Gasteiger partial charge in [0, 0.05) is 0 Å². The molecule has 0 heterocycles. The first-order chi connectivity index (χ1) is 4.02. The van der Waals surface area contributed by atoms with E-state index in [9.17, 15) is 0 Å². The van der Waals surface area contributed by atoms with E-state index in [1.165, 1.54) is 0 Å². The Hall–Kier alpha value is -0.0500. The average molecular weight is 166 g/mol. The zero-order valence-corrected chi connectivity index (χ0v) is 7.60. The van der Waals surface area contributed by atoms with Gasteiger partial charge in [0.25, 0.3) is 0 Å². The van der Waals surface area contributed by atoms with Crippen molar-refractivity contribution in [1.29, 1.82) is 0 Å². The Morgan fingerprint density at radius 2 is 1.90 bits per heavy atom. The summed E-state index contributed by atoms with van der Waals surface area (Å²) in [5.74, 6) is 0. The van der Waals surface area contributed by atoms with E-state index in [-0.39, 0.29) is 25.1 Å². The van der Waals surface area contributed by atoms with E-state index in [4.69, 9.17) is 5.11 Å². The topological polar surface area (TPSA) is 20.2 Å². The third-order valence-electron chi connectivity index (χ3n) is 1.45. The van der Waals surface area contributed by atoms with Gasteiger partial charge in [-0.25, -0.2) is 0 Å². The van der Waals surface area contributed by atoms with Gasteiger partial charge in [0.2, 0.25) is 0 Å². The molecule has 0 aliphatic carbocycles. The Morgan fingerprint density at radius 1 is 1.50 bits per heavy atom. The molecule has 1 atom stereocenters. The number of halogens is 1. The summed E-state index contributed by atoms with van der Waals surface area (Å²) in [6.45, 7) is 3.80. The van der Waals surface area contributed by atoms with Crippen LogP contribution in [0.4, 0.5) is 0 Å². The molecule has 0 aliphatic heterocycles. The van der Waals surface area contributed by atoms with Crippen LogP contribution in [0.15, 0.2) is 12.7 Å². The molecule has 0 rings (SSSR count). The molecule has 0 amide bonds. The Kier molecular flexibility index (Phi) is 5.95. The van der Waals surface area contributed by atoms with E-state index < -0.39 is 0 Å². The van der Waals surface area contributed by atoms with E-state index >= 15 is 0 Å². The quantitative estimate of drug-likeness (QED) is 0.355. The normalized spacial score (nSPS) is 13.6. The Morgan fingerprint density at radius 3 is 1.90 bits per heavy atom. The highest BCUT2D eigenvalue weighted by Gasteiger charge is 2.17. The summed E-state index contributed by atoms with van der Waals surface area (Å²) in [7, 11) is 6.09. The molecule has 0 saturated heterocycles. The van der Waals surface area contributed by atoms with Crippen LogP contribution < -0.4 is 12.4 Å². The van der Waals surface area contributed by atoms with Gasteiger partial charge in [-0.15, -0.1) is 0 Å². The minimum absolute atomic E-state index is 0. The van der Waals surface area contributed by atoms with Gasteiger partial charge in [0.15, 0.2) is 0 Å². The van der Waals surface area contributed by atoms with Crippen LogP contribution in [0.1, 0.15) is 0 Å². The molecule has 0 aromatic carbocycles. The van der Waals surface area contributed by atoms with Crippen molar-refractivity contribution in [3.63, 3.8) is 0 Å². The van der Waals surface area contributed by atoms with E-state index in [1.54, 1.807) is 6.08 Å². The lowest BCUT2D eigenvalue weighted by Crippen LogP contribution is -3.00. The largest absolute Gasteiger partial charge is 1.00 e. The number of likely N-dealkylation sites (N-methyl/N-ethyl adjacent to an activating group) is 1. The van der Waals surface area contributed by atoms with Crippen LogP contribution in [-0.2, 0) is 0 Å². The number of hydrogen-bond acceptors (Lipinski definition) is 1. The monoisotopic (exact) mass is 165 g/mol. The Bertz CT molecular complexity index is 98.3. The van der Waals surface area contributed by atoms with Crippen LogP contribution in [0, 0.1) is 0 Å². The van der Waals surface area contributed by atoms with Crippen LogP contribution >= 0.6 is 0 Å². The molecule has 1 N–H and O–H groups in total. The van der Waals surface area contributed by atoms with Crippen LogP contribution in [0.25, 0.3) is 0 Å². The molecule has 3 heteroatoms. The van der Waals surface area contributed by atoms with E-state index in [0.717, 1.165) is 4.48 Å². The number of aliphatic hydroxyl groups is 1. The van der Waals surface area contributed by atoms with Gasteiger partial charge in [-0.05, 0) is 6.08 Å². The van der Waals surface area contributed by atoms with Crippen molar-refractivity contribution in [1.82, 2.24) is 0 Å². The van der Waals surface area contributed by atoms with Crippen molar-refractivity contribution < 1.29 is 22.0 Å². The summed E-state index contributed by atoms with van der Waals surface area (Å²) in [5, 5.41) is 8.77. The number of aliphatic hydroxyl groups excluding tert-OH is 1. The maximum Gasteiger partial charge on any atom is 0.130 e. The van der Waals surface area contributed by atoms with E-state index in [0.29, 0.717) is 0 Å². The highest BCUT2D eigenvalue weighted by molar-refractivity contribution is 4.78. The van der Waals surface area contributed by atoms with Crippen LogP contribution in [0.2, 0.25) is 0 Å². The fourth-order valence-corrected chi connectivity index (χ4v) is 0.636. The molecular formula is C7H16ClNO. The van der Waals surface area contributed by atoms with Crippen LogP contribution in [0.5, 0.6) is 0 Å². The lowest BCUT2D eigenvalue weighted by molar-refractivity contribution is -0.889. The van der Waals surface area contributed by atoms with Crippen LogP contribution in [-0.4, -0.2) is 43.4 Å². The first-order valence-electron chi connectivity index (χ1n) is 3.07. The summed E-state index contributed by atoms with van der Waals surface area (Å²) in [4.78, 5) is 0. The predicted octanol–water partition coefficient (Wildman–Crippen LogP) is -2.76. The van der Waals surface area contributed by atoms with Crippen molar-refractivity contribution in [3.05, 3.63) is 12.7 Å². The summed E-state index contributed by atoms with van der Waals surface area (Å²) in [6.07, 6.45) is 1.78. The smallest absolute Gasteiger partial charge is 0.130 e. The molecule has 2 nitrogen and oxygen atoms in total. The Balaban J connectivity index is 0. The summed E-state index contributed by atoms with van der Waals surface area (Å²) >= 11 is 0. The first-order valence-corrected chi connectivity index (χ1v) is 3.07. The molecule has 0 aromatic heterocycles. The van der Waals surface area contributed by atoms with Crippen molar-refractivity contribution in [3.8, 4) is 0 Å². The van der Waals surface area contributed by atoms with Gasteiger partial charge in [0.05, 0.1) is 27.7 Å². The van der Waals surface area contributed by atoms with E-state index in [2.05, 4.69) is 6.58 Å². The molecule has 0 radical (unpaired) electrons. The second kappa shape index (κ2) is 4.72. The lowest BCUT2D eigenvalue weighted by atomic mass is 10.2. The molecule has 0 aromatic rings. The zero-order valence-electron chi connectivity index (χ0n) is 6.84. The maximum absolute atomic E-state index is 8.77. The van der Waals surface area contributed by atoms with Gasteiger partial charge >= 0.3 is 0 Å². The standard InChI is InChI=1S/C7H16NO.ClH/c1-5-7(6-9)8(2,3)4;/h5,7,9H,1,6H2,2-4H3;1H/q+1;/p-1. The maximum atomic E-state index is 8.77. The molecule has 10 heavy (non-hydrogen) atoms. The number of nitrogens with zero attached hydrogens (tertiary/aromatic N) is 1. The fourth-order valence-electron chi connectivity index (χ4n) is 0.636. The predicted molar refractivity (Wildman–Crippen MR) is 39.1 cm³/mol. The second-order valence-corrected chi connectivity index (χ2v) is 3.10. The van der Waals surface area contributed by atoms with Crippen molar-refractivity contribution >= 4 is 0 Å². The van der Waals surface area contributed by atoms with Gasteiger partial charge in [-0.2, -0.15) is 0 Å². The number of quaternary nitrogens is 1. The molecule has 1 unspecified atom stereocenters. The van der Waals surface area contributed by atoms with Gasteiger partial charge in [-0.1, -0.05) is 6.58 Å². The molecule has 0 saturated carbocycles. The van der Waals surface area contributed by atoms with E-state index in [1.807, 2.05) is 21.1 Å². The first kappa shape index (κ1) is 12.6. The van der Waals surface area contributed by atoms with Crippen molar-refractivity contribution in [2.75, 3.05) is 27.7 Å². The summed E-state index contributed by atoms with van der Waals surface area (Å²) < 4.78 is 0.736. The third kappa shape index (κ3) is 3.88. The molecule has 0 aliphatic rings. The fraction of sp³-hybridized carbons (Fsp3) is 0.714. The summed E-state index contributed by atoms with van der Waals surface area (Å²) in [5.41, 5.74) is 0. The molecule has 0 bridgehead atoms. The highest BCUT2D eigenvalue weighted by Crippen LogP contribution is 2.01. The van der Waals surface area contributed by atoms with Gasteiger partial charge in [0.1, 0.15) is 6.04 Å². The zero-order chi connectivity index (χ0) is 7.49. The molecule has 0 fully saturated rings.